The van der Waals surface area contributed by atoms with Gasteiger partial charge in [0.05, 0.1) is 0 Å². The van der Waals surface area contributed by atoms with E-state index >= 15 is 0 Å². The van der Waals surface area contributed by atoms with Crippen LogP contribution in [0, 0.1) is 5.41 Å². The van der Waals surface area contributed by atoms with E-state index in [1.807, 2.05) is 6.07 Å². The highest BCUT2D eigenvalue weighted by Crippen LogP contribution is 2.46. The minimum absolute atomic E-state index is 0.712. The number of nitrogens with zero attached hydrogens (tertiary/aromatic N) is 1. The lowest BCUT2D eigenvalue weighted by atomic mass is 9.77. The van der Waals surface area contributed by atoms with Crippen molar-refractivity contribution in [2.24, 2.45) is 5.41 Å². The van der Waals surface area contributed by atoms with Crippen molar-refractivity contribution in [3.8, 4) is 0 Å². The molecule has 3 heteroatoms. The lowest BCUT2D eigenvalue weighted by Gasteiger charge is -2.39. The molecule has 2 aliphatic rings. The van der Waals surface area contributed by atoms with Crippen molar-refractivity contribution in [1.82, 2.24) is 4.90 Å². The van der Waals surface area contributed by atoms with E-state index in [-0.39, 0.29) is 0 Å². The maximum absolute atomic E-state index is 5.89. The number of hydrogen-bond donors (Lipinski definition) is 1. The van der Waals surface area contributed by atoms with Crippen LogP contribution in [-0.2, 0) is 6.54 Å². The van der Waals surface area contributed by atoms with Crippen molar-refractivity contribution in [2.45, 2.75) is 45.1 Å². The molecule has 1 aliphatic heterocycles. The molecule has 0 amide bonds. The number of rotatable bonds is 2. The van der Waals surface area contributed by atoms with Gasteiger partial charge in [0.25, 0.3) is 0 Å². The third-order valence-corrected chi connectivity index (χ3v) is 5.82. The zero-order valence-corrected chi connectivity index (χ0v) is 13.1. The Morgan fingerprint density at radius 3 is 2.47 bits per heavy atom. The third kappa shape index (κ3) is 2.97. The zero-order valence-electron chi connectivity index (χ0n) is 11.5. The van der Waals surface area contributed by atoms with Crippen LogP contribution in [0.2, 0.25) is 0 Å². The Morgan fingerprint density at radius 2 is 1.79 bits per heavy atom. The molecule has 2 fully saturated rings. The van der Waals surface area contributed by atoms with Crippen LogP contribution in [0.4, 0.5) is 5.69 Å². The first-order valence-electron chi connectivity index (χ1n) is 7.43. The molecule has 0 atom stereocenters. The lowest BCUT2D eigenvalue weighted by molar-refractivity contribution is 0.103. The second kappa shape index (κ2) is 5.45. The SMILES string of the molecule is Nc1ccc(Br)c(CN2CCC3(CCCC3)CC2)c1. The quantitative estimate of drug-likeness (QED) is 0.827. The fourth-order valence-corrected chi connectivity index (χ4v) is 4.14. The average molecular weight is 323 g/mol. The van der Waals surface area contributed by atoms with Crippen LogP contribution in [0.15, 0.2) is 22.7 Å². The molecule has 2 nitrogen and oxygen atoms in total. The Balaban J connectivity index is 1.61. The number of anilines is 1. The Kier molecular flexibility index (Phi) is 3.86. The molecular formula is C16H23BrN2. The normalized spacial score (nSPS) is 23.0. The monoisotopic (exact) mass is 322 g/mol. The van der Waals surface area contributed by atoms with E-state index in [1.165, 1.54) is 61.7 Å². The van der Waals surface area contributed by atoms with Gasteiger partial charge < -0.3 is 5.73 Å². The van der Waals surface area contributed by atoms with Gasteiger partial charge in [-0.2, -0.15) is 0 Å². The first-order valence-corrected chi connectivity index (χ1v) is 8.23. The molecule has 0 bridgehead atoms. The second-order valence-electron chi connectivity index (χ2n) is 6.33. The first kappa shape index (κ1) is 13.4. The van der Waals surface area contributed by atoms with E-state index in [1.54, 1.807) is 0 Å². The van der Waals surface area contributed by atoms with Crippen LogP contribution in [0.3, 0.4) is 0 Å². The van der Waals surface area contributed by atoms with E-state index in [9.17, 15) is 0 Å². The van der Waals surface area contributed by atoms with Gasteiger partial charge in [-0.15, -0.1) is 0 Å². The minimum Gasteiger partial charge on any atom is -0.399 e. The van der Waals surface area contributed by atoms with Crippen LogP contribution < -0.4 is 5.73 Å². The molecule has 19 heavy (non-hydrogen) atoms. The number of nitrogens with two attached hydrogens (primary N) is 1. The number of hydrogen-bond acceptors (Lipinski definition) is 2. The first-order chi connectivity index (χ1) is 9.17. The van der Waals surface area contributed by atoms with Crippen molar-refractivity contribution in [2.75, 3.05) is 18.8 Å². The Morgan fingerprint density at radius 1 is 1.11 bits per heavy atom. The second-order valence-corrected chi connectivity index (χ2v) is 7.19. The highest BCUT2D eigenvalue weighted by atomic mass is 79.9. The fourth-order valence-electron chi connectivity index (χ4n) is 3.77. The van der Waals surface area contributed by atoms with E-state index in [4.69, 9.17) is 5.73 Å². The molecule has 1 saturated heterocycles. The smallest absolute Gasteiger partial charge is 0.0318 e. The van der Waals surface area contributed by atoms with Crippen LogP contribution >= 0.6 is 15.9 Å². The molecule has 0 aromatic heterocycles. The number of halogens is 1. The van der Waals surface area contributed by atoms with Gasteiger partial charge in [-0.25, -0.2) is 0 Å². The number of nitrogen functional groups attached to an aromatic ring is 1. The van der Waals surface area contributed by atoms with Gasteiger partial charge in [0, 0.05) is 16.7 Å². The maximum atomic E-state index is 5.89. The Labute approximate surface area is 124 Å². The Hall–Kier alpha value is -0.540. The largest absolute Gasteiger partial charge is 0.399 e. The van der Waals surface area contributed by atoms with Gasteiger partial charge in [-0.1, -0.05) is 28.8 Å². The van der Waals surface area contributed by atoms with E-state index in [0.29, 0.717) is 5.41 Å². The molecule has 1 aliphatic carbocycles. The third-order valence-electron chi connectivity index (χ3n) is 5.04. The number of piperidine rings is 1. The molecule has 1 aromatic rings. The lowest BCUT2D eigenvalue weighted by Crippen LogP contribution is -2.38. The van der Waals surface area contributed by atoms with E-state index < -0.39 is 0 Å². The summed E-state index contributed by atoms with van der Waals surface area (Å²) in [5.74, 6) is 0. The predicted molar refractivity (Wildman–Crippen MR) is 84.0 cm³/mol. The topological polar surface area (TPSA) is 29.3 Å². The maximum Gasteiger partial charge on any atom is 0.0318 e. The summed E-state index contributed by atoms with van der Waals surface area (Å²) in [6.07, 6.45) is 8.66. The molecule has 1 saturated carbocycles. The van der Waals surface area contributed by atoms with Crippen molar-refractivity contribution in [3.05, 3.63) is 28.2 Å². The summed E-state index contributed by atoms with van der Waals surface area (Å²) in [4.78, 5) is 2.59. The summed E-state index contributed by atoms with van der Waals surface area (Å²) >= 11 is 3.63. The highest BCUT2D eigenvalue weighted by molar-refractivity contribution is 9.10. The van der Waals surface area contributed by atoms with E-state index in [2.05, 4.69) is 33.0 Å². The van der Waals surface area contributed by atoms with Crippen molar-refractivity contribution in [3.63, 3.8) is 0 Å². The van der Waals surface area contributed by atoms with Gasteiger partial charge in [-0.3, -0.25) is 4.90 Å². The van der Waals surface area contributed by atoms with Gasteiger partial charge in [-0.05, 0) is 68.0 Å². The van der Waals surface area contributed by atoms with Crippen LogP contribution in [-0.4, -0.2) is 18.0 Å². The van der Waals surface area contributed by atoms with E-state index in [0.717, 1.165) is 12.2 Å². The van der Waals surface area contributed by atoms with Crippen molar-refractivity contribution < 1.29 is 0 Å². The zero-order chi connectivity index (χ0) is 13.3. The molecule has 1 aromatic carbocycles. The van der Waals surface area contributed by atoms with Crippen molar-refractivity contribution >= 4 is 21.6 Å². The summed E-state index contributed by atoms with van der Waals surface area (Å²) in [7, 11) is 0. The predicted octanol–water partition coefficient (Wildman–Crippen LogP) is 4.19. The number of benzene rings is 1. The molecule has 2 N–H and O–H groups in total. The number of likely N-dealkylation sites (tertiary alicyclic amines) is 1. The fraction of sp³-hybridized carbons (Fsp3) is 0.625. The van der Waals surface area contributed by atoms with Crippen LogP contribution in [0.1, 0.15) is 44.1 Å². The minimum atomic E-state index is 0.712. The van der Waals surface area contributed by atoms with Gasteiger partial charge >= 0.3 is 0 Å². The van der Waals surface area contributed by atoms with Gasteiger partial charge in [0.15, 0.2) is 0 Å². The molecule has 0 unspecified atom stereocenters. The summed E-state index contributed by atoms with van der Waals surface area (Å²) in [6.45, 7) is 3.53. The van der Waals surface area contributed by atoms with Gasteiger partial charge in [0.2, 0.25) is 0 Å². The summed E-state index contributed by atoms with van der Waals surface area (Å²) in [6, 6.07) is 6.12. The summed E-state index contributed by atoms with van der Waals surface area (Å²) in [5, 5.41) is 0. The summed E-state index contributed by atoms with van der Waals surface area (Å²) < 4.78 is 1.18. The van der Waals surface area contributed by atoms with Crippen molar-refractivity contribution in [1.29, 1.82) is 0 Å². The molecule has 1 heterocycles. The molecular weight excluding hydrogens is 300 g/mol. The van der Waals surface area contributed by atoms with Crippen LogP contribution in [0.25, 0.3) is 0 Å². The summed E-state index contributed by atoms with van der Waals surface area (Å²) in [5.41, 5.74) is 8.78. The van der Waals surface area contributed by atoms with Gasteiger partial charge in [0.1, 0.15) is 0 Å². The van der Waals surface area contributed by atoms with Crippen LogP contribution in [0.5, 0.6) is 0 Å². The highest BCUT2D eigenvalue weighted by Gasteiger charge is 2.36. The molecule has 1 spiro atoms. The molecule has 104 valence electrons. The average Bonchev–Trinajstić information content (AvgIpc) is 2.85. The Bertz CT molecular complexity index is 442. The standard InChI is InChI=1S/C16H23BrN2/c17-15-4-3-14(18)11-13(15)12-19-9-7-16(8-10-19)5-1-2-6-16/h3-4,11H,1-2,5-10,12,18H2. The molecule has 3 rings (SSSR count). The molecule has 0 radical (unpaired) electrons.